The Morgan fingerprint density at radius 3 is 2.57 bits per heavy atom. The summed E-state index contributed by atoms with van der Waals surface area (Å²) < 4.78 is 10.4. The molecule has 0 saturated carbocycles. The smallest absolute Gasteiger partial charge is 0.328 e. The molecule has 6 nitrogen and oxygen atoms in total. The molecule has 30 heavy (non-hydrogen) atoms. The Morgan fingerprint density at radius 2 is 1.87 bits per heavy atom. The second-order valence-electron chi connectivity index (χ2n) is 6.45. The van der Waals surface area contributed by atoms with Crippen LogP contribution in [0.5, 0.6) is 5.75 Å². The minimum atomic E-state index is -0.773. The first-order valence-corrected chi connectivity index (χ1v) is 10.2. The van der Waals surface area contributed by atoms with E-state index in [1.807, 2.05) is 47.8 Å². The van der Waals surface area contributed by atoms with Gasteiger partial charge in [-0.3, -0.25) is 4.79 Å². The van der Waals surface area contributed by atoms with E-state index in [9.17, 15) is 9.59 Å². The van der Waals surface area contributed by atoms with E-state index in [-0.39, 0.29) is 12.5 Å². The maximum atomic E-state index is 12.2. The Balaban J connectivity index is 1.46. The second kappa shape index (κ2) is 10.4. The first kappa shape index (κ1) is 21.3. The molecule has 1 heterocycles. The van der Waals surface area contributed by atoms with E-state index in [1.54, 1.807) is 32.2 Å². The normalized spacial score (nSPS) is 11.8. The molecule has 154 valence electrons. The number of benzene rings is 2. The molecule has 2 aromatic carbocycles. The van der Waals surface area contributed by atoms with Crippen molar-refractivity contribution in [1.29, 1.82) is 0 Å². The average molecular weight is 423 g/mol. The summed E-state index contributed by atoms with van der Waals surface area (Å²) >= 11 is 1.49. The van der Waals surface area contributed by atoms with Crippen LogP contribution >= 0.6 is 11.3 Å². The summed E-state index contributed by atoms with van der Waals surface area (Å²) in [6.45, 7) is 1.64. The van der Waals surface area contributed by atoms with E-state index in [0.29, 0.717) is 5.69 Å². The number of aromatic nitrogens is 1. The quantitative estimate of drug-likeness (QED) is 0.437. The number of hydrogen-bond donors (Lipinski definition) is 1. The standard InChI is InChI=1S/C23H22N2O4S/c1-16(24-21(26)13-10-17-8-11-20(28-2)12-9-17)23(27)29-14-19-15-30-22(25-19)18-6-4-3-5-7-18/h3-13,15-16H,14H2,1-2H3,(H,24,26)/t16-/m0/s1. The number of thiazole rings is 1. The molecule has 0 unspecified atom stereocenters. The van der Waals surface area contributed by atoms with Gasteiger partial charge in [0, 0.05) is 17.0 Å². The van der Waals surface area contributed by atoms with E-state index in [4.69, 9.17) is 9.47 Å². The van der Waals surface area contributed by atoms with Crippen LogP contribution in [0.4, 0.5) is 0 Å². The molecule has 1 N–H and O–H groups in total. The fraction of sp³-hybridized carbons (Fsp3) is 0.174. The van der Waals surface area contributed by atoms with Crippen LogP contribution in [0.3, 0.4) is 0 Å². The van der Waals surface area contributed by atoms with Crippen LogP contribution in [0, 0.1) is 0 Å². The highest BCUT2D eigenvalue weighted by Crippen LogP contribution is 2.23. The fourth-order valence-corrected chi connectivity index (χ4v) is 3.37. The number of nitrogens with zero attached hydrogens (tertiary/aromatic N) is 1. The Bertz CT molecular complexity index is 1010. The topological polar surface area (TPSA) is 77.5 Å². The Labute approximate surface area is 179 Å². The predicted molar refractivity (Wildman–Crippen MR) is 117 cm³/mol. The van der Waals surface area contributed by atoms with E-state index in [2.05, 4.69) is 10.3 Å². The molecule has 0 radical (unpaired) electrons. The number of amides is 1. The van der Waals surface area contributed by atoms with Gasteiger partial charge in [0.15, 0.2) is 0 Å². The maximum absolute atomic E-state index is 12.2. The highest BCUT2D eigenvalue weighted by molar-refractivity contribution is 7.13. The number of methoxy groups -OCH3 is 1. The minimum Gasteiger partial charge on any atom is -0.497 e. The van der Waals surface area contributed by atoms with Gasteiger partial charge in [-0.05, 0) is 30.7 Å². The summed E-state index contributed by atoms with van der Waals surface area (Å²) in [5.41, 5.74) is 2.54. The lowest BCUT2D eigenvalue weighted by atomic mass is 10.2. The molecule has 1 amide bonds. The molecule has 1 atom stereocenters. The zero-order valence-electron chi connectivity index (χ0n) is 16.7. The highest BCUT2D eigenvalue weighted by Gasteiger charge is 2.16. The monoisotopic (exact) mass is 422 g/mol. The predicted octanol–water partition coefficient (Wildman–Crippen LogP) is 4.08. The first-order chi connectivity index (χ1) is 14.5. The SMILES string of the molecule is COc1ccc(C=CC(=O)N[C@@H](C)C(=O)OCc2csc(-c3ccccc3)n2)cc1. The lowest BCUT2D eigenvalue weighted by Gasteiger charge is -2.11. The molecule has 0 spiro atoms. The molecule has 3 rings (SSSR count). The zero-order valence-corrected chi connectivity index (χ0v) is 17.5. The molecular weight excluding hydrogens is 400 g/mol. The van der Waals surface area contributed by atoms with Gasteiger partial charge in [0.2, 0.25) is 5.91 Å². The number of ether oxygens (including phenoxy) is 2. The van der Waals surface area contributed by atoms with Gasteiger partial charge in [-0.15, -0.1) is 11.3 Å². The summed E-state index contributed by atoms with van der Waals surface area (Å²) in [7, 11) is 1.59. The van der Waals surface area contributed by atoms with Crippen LogP contribution in [-0.4, -0.2) is 30.0 Å². The molecule has 7 heteroatoms. The zero-order chi connectivity index (χ0) is 21.3. The van der Waals surface area contributed by atoms with E-state index >= 15 is 0 Å². The Kier molecular flexibility index (Phi) is 7.34. The lowest BCUT2D eigenvalue weighted by Crippen LogP contribution is -2.38. The summed E-state index contributed by atoms with van der Waals surface area (Å²) in [6.07, 6.45) is 3.03. The molecule has 3 aromatic rings. The van der Waals surface area contributed by atoms with Crippen molar-refractivity contribution in [3.05, 3.63) is 77.3 Å². The van der Waals surface area contributed by atoms with Crippen LogP contribution in [0.2, 0.25) is 0 Å². The first-order valence-electron chi connectivity index (χ1n) is 9.34. The van der Waals surface area contributed by atoms with Crippen molar-refractivity contribution in [2.75, 3.05) is 7.11 Å². The van der Waals surface area contributed by atoms with Crippen molar-refractivity contribution >= 4 is 29.3 Å². The lowest BCUT2D eigenvalue weighted by molar-refractivity contribution is -0.148. The summed E-state index contributed by atoms with van der Waals surface area (Å²) in [5, 5.41) is 5.32. The Morgan fingerprint density at radius 1 is 1.13 bits per heavy atom. The third-order valence-corrected chi connectivity index (χ3v) is 5.13. The summed E-state index contributed by atoms with van der Waals surface area (Å²) in [6, 6.07) is 16.3. The van der Waals surface area contributed by atoms with Gasteiger partial charge in [-0.25, -0.2) is 9.78 Å². The molecule has 0 aliphatic heterocycles. The number of rotatable bonds is 8. The fourth-order valence-electron chi connectivity index (χ4n) is 2.56. The number of carbonyl (C=O) groups excluding carboxylic acids is 2. The number of carbonyl (C=O) groups is 2. The van der Waals surface area contributed by atoms with Gasteiger partial charge < -0.3 is 14.8 Å². The van der Waals surface area contributed by atoms with Crippen molar-refractivity contribution in [2.24, 2.45) is 0 Å². The maximum Gasteiger partial charge on any atom is 0.328 e. The van der Waals surface area contributed by atoms with Gasteiger partial charge in [-0.1, -0.05) is 42.5 Å². The number of nitrogens with one attached hydrogen (secondary N) is 1. The van der Waals surface area contributed by atoms with Gasteiger partial charge in [0.25, 0.3) is 0 Å². The van der Waals surface area contributed by atoms with Gasteiger partial charge >= 0.3 is 5.97 Å². The van der Waals surface area contributed by atoms with Crippen LogP contribution in [0.1, 0.15) is 18.2 Å². The van der Waals surface area contributed by atoms with Gasteiger partial charge in [0.05, 0.1) is 12.8 Å². The molecule has 0 saturated heterocycles. The van der Waals surface area contributed by atoms with Crippen molar-refractivity contribution in [1.82, 2.24) is 10.3 Å². The van der Waals surface area contributed by atoms with E-state index in [0.717, 1.165) is 21.9 Å². The second-order valence-corrected chi connectivity index (χ2v) is 7.31. The molecular formula is C23H22N2O4S. The molecule has 0 aliphatic carbocycles. The number of esters is 1. The number of hydrogen-bond acceptors (Lipinski definition) is 6. The average Bonchev–Trinajstić information content (AvgIpc) is 3.26. The third-order valence-electron chi connectivity index (χ3n) is 4.19. The summed E-state index contributed by atoms with van der Waals surface area (Å²) in [5.74, 6) is -0.158. The minimum absolute atomic E-state index is 0.0596. The van der Waals surface area contributed by atoms with E-state index in [1.165, 1.54) is 17.4 Å². The molecule has 0 fully saturated rings. The van der Waals surface area contributed by atoms with E-state index < -0.39 is 12.0 Å². The van der Waals surface area contributed by atoms with Crippen molar-refractivity contribution in [3.8, 4) is 16.3 Å². The van der Waals surface area contributed by atoms with Crippen LogP contribution in [0.25, 0.3) is 16.6 Å². The summed E-state index contributed by atoms with van der Waals surface area (Å²) in [4.78, 5) is 28.7. The van der Waals surface area contributed by atoms with Crippen LogP contribution in [-0.2, 0) is 20.9 Å². The van der Waals surface area contributed by atoms with Crippen molar-refractivity contribution in [3.63, 3.8) is 0 Å². The largest absolute Gasteiger partial charge is 0.497 e. The van der Waals surface area contributed by atoms with Crippen molar-refractivity contribution < 1.29 is 19.1 Å². The highest BCUT2D eigenvalue weighted by atomic mass is 32.1. The Hall–Kier alpha value is -3.45. The van der Waals surface area contributed by atoms with Gasteiger partial charge in [-0.2, -0.15) is 0 Å². The molecule has 1 aromatic heterocycles. The van der Waals surface area contributed by atoms with Gasteiger partial charge in [0.1, 0.15) is 23.4 Å². The van der Waals surface area contributed by atoms with Crippen LogP contribution < -0.4 is 10.1 Å². The van der Waals surface area contributed by atoms with Crippen molar-refractivity contribution in [2.45, 2.75) is 19.6 Å². The molecule has 0 aliphatic rings. The molecule has 0 bridgehead atoms. The third kappa shape index (κ3) is 6.02. The van der Waals surface area contributed by atoms with Crippen LogP contribution in [0.15, 0.2) is 66.1 Å².